The standard InChI is InChI=1S/C15H10BrClO2/c16-11-5-1-9(2-6-11)13(18)15-14(19-15)10-3-7-12(17)8-4-10/h1-8,14-15H. The Balaban J connectivity index is 1.74. The van der Waals surface area contributed by atoms with E-state index in [-0.39, 0.29) is 18.0 Å². The molecule has 0 saturated carbocycles. The summed E-state index contributed by atoms with van der Waals surface area (Å²) in [4.78, 5) is 12.2. The quantitative estimate of drug-likeness (QED) is 0.613. The topological polar surface area (TPSA) is 29.6 Å². The van der Waals surface area contributed by atoms with E-state index in [1.807, 2.05) is 24.3 Å². The van der Waals surface area contributed by atoms with Gasteiger partial charge in [0.15, 0.2) is 11.9 Å². The Morgan fingerprint density at radius 1 is 1.05 bits per heavy atom. The van der Waals surface area contributed by atoms with Gasteiger partial charge in [-0.2, -0.15) is 0 Å². The maximum atomic E-state index is 12.2. The van der Waals surface area contributed by atoms with Crippen LogP contribution < -0.4 is 0 Å². The summed E-state index contributed by atoms with van der Waals surface area (Å²) in [7, 11) is 0. The molecule has 1 fully saturated rings. The summed E-state index contributed by atoms with van der Waals surface area (Å²) in [6, 6.07) is 14.7. The van der Waals surface area contributed by atoms with Crippen molar-refractivity contribution in [2.45, 2.75) is 12.2 Å². The average molecular weight is 338 g/mol. The normalized spacial score (nSPS) is 21.2. The van der Waals surface area contributed by atoms with Gasteiger partial charge in [0, 0.05) is 15.1 Å². The molecule has 2 nitrogen and oxygen atoms in total. The number of carbonyl (C=O) groups is 1. The zero-order chi connectivity index (χ0) is 13.4. The molecule has 2 aromatic carbocycles. The van der Waals surface area contributed by atoms with Gasteiger partial charge in [-0.1, -0.05) is 51.8 Å². The number of carbonyl (C=O) groups excluding carboxylic acids is 1. The third-order valence-electron chi connectivity index (χ3n) is 3.08. The van der Waals surface area contributed by atoms with Crippen molar-refractivity contribution in [2.24, 2.45) is 0 Å². The summed E-state index contributed by atoms with van der Waals surface area (Å²) in [6.07, 6.45) is -0.518. The largest absolute Gasteiger partial charge is 0.356 e. The summed E-state index contributed by atoms with van der Waals surface area (Å²) in [5.41, 5.74) is 1.66. The Morgan fingerprint density at radius 2 is 1.68 bits per heavy atom. The highest BCUT2D eigenvalue weighted by molar-refractivity contribution is 9.10. The molecule has 2 atom stereocenters. The van der Waals surface area contributed by atoms with Crippen LogP contribution in [0.1, 0.15) is 22.0 Å². The second kappa shape index (κ2) is 5.08. The first-order valence-electron chi connectivity index (χ1n) is 5.86. The lowest BCUT2D eigenvalue weighted by Crippen LogP contribution is -2.07. The van der Waals surface area contributed by atoms with E-state index in [9.17, 15) is 4.79 Å². The minimum absolute atomic E-state index is 0.0208. The van der Waals surface area contributed by atoms with Crippen molar-refractivity contribution < 1.29 is 9.53 Å². The first-order chi connectivity index (χ1) is 9.15. The van der Waals surface area contributed by atoms with Crippen molar-refractivity contribution in [1.29, 1.82) is 0 Å². The van der Waals surface area contributed by atoms with Gasteiger partial charge < -0.3 is 4.74 Å². The molecule has 1 aliphatic rings. The SMILES string of the molecule is O=C(c1ccc(Br)cc1)C1OC1c1ccc(Cl)cc1. The third-order valence-corrected chi connectivity index (χ3v) is 3.86. The zero-order valence-corrected chi connectivity index (χ0v) is 12.2. The van der Waals surface area contributed by atoms with E-state index in [4.69, 9.17) is 16.3 Å². The zero-order valence-electron chi connectivity index (χ0n) is 9.85. The molecule has 2 aromatic rings. The first kappa shape index (κ1) is 12.9. The van der Waals surface area contributed by atoms with Crippen LogP contribution in [-0.2, 0) is 4.74 Å². The second-order valence-electron chi connectivity index (χ2n) is 4.40. The predicted molar refractivity (Wildman–Crippen MR) is 77.5 cm³/mol. The van der Waals surface area contributed by atoms with Crippen LogP contribution in [-0.4, -0.2) is 11.9 Å². The van der Waals surface area contributed by atoms with Crippen LogP contribution in [0, 0.1) is 0 Å². The summed E-state index contributed by atoms with van der Waals surface area (Å²) in [5.74, 6) is 0.0208. The predicted octanol–water partition coefficient (Wildman–Crippen LogP) is 4.43. The summed E-state index contributed by atoms with van der Waals surface area (Å²) in [5, 5.41) is 0.681. The number of benzene rings is 2. The van der Waals surface area contributed by atoms with E-state index in [1.165, 1.54) is 0 Å². The van der Waals surface area contributed by atoms with Crippen LogP contribution >= 0.6 is 27.5 Å². The molecule has 0 N–H and O–H groups in total. The second-order valence-corrected chi connectivity index (χ2v) is 5.75. The number of epoxide rings is 1. The van der Waals surface area contributed by atoms with Gasteiger partial charge in [0.1, 0.15) is 6.10 Å². The summed E-state index contributed by atoms with van der Waals surface area (Å²) >= 11 is 9.18. The highest BCUT2D eigenvalue weighted by Crippen LogP contribution is 2.40. The monoisotopic (exact) mass is 336 g/mol. The molecular formula is C15H10BrClO2. The highest BCUT2D eigenvalue weighted by Gasteiger charge is 2.46. The number of ether oxygens (including phenoxy) is 1. The Labute approximate surface area is 124 Å². The molecule has 0 aliphatic carbocycles. The van der Waals surface area contributed by atoms with Crippen molar-refractivity contribution in [2.75, 3.05) is 0 Å². The maximum Gasteiger partial charge on any atom is 0.194 e. The van der Waals surface area contributed by atoms with E-state index < -0.39 is 0 Å². The summed E-state index contributed by atoms with van der Waals surface area (Å²) in [6.45, 7) is 0. The molecule has 0 aromatic heterocycles. The van der Waals surface area contributed by atoms with Crippen LogP contribution in [0.4, 0.5) is 0 Å². The molecule has 2 unspecified atom stereocenters. The van der Waals surface area contributed by atoms with Gasteiger partial charge in [-0.15, -0.1) is 0 Å². The number of rotatable bonds is 3. The number of hydrogen-bond donors (Lipinski definition) is 0. The van der Waals surface area contributed by atoms with Gasteiger partial charge in [-0.25, -0.2) is 0 Å². The van der Waals surface area contributed by atoms with Gasteiger partial charge in [0.2, 0.25) is 0 Å². The minimum atomic E-state index is -0.373. The molecule has 3 rings (SSSR count). The van der Waals surface area contributed by atoms with Crippen molar-refractivity contribution in [1.82, 2.24) is 0 Å². The molecule has 19 heavy (non-hydrogen) atoms. The van der Waals surface area contributed by atoms with E-state index in [1.54, 1.807) is 24.3 Å². The number of ketones is 1. The molecule has 1 saturated heterocycles. The lowest BCUT2D eigenvalue weighted by atomic mass is 10.0. The van der Waals surface area contributed by atoms with Gasteiger partial charge in [0.05, 0.1) is 0 Å². The number of halogens is 2. The maximum absolute atomic E-state index is 12.2. The Hall–Kier alpha value is -1.16. The number of hydrogen-bond acceptors (Lipinski definition) is 2. The molecule has 0 bridgehead atoms. The Bertz CT molecular complexity index is 607. The van der Waals surface area contributed by atoms with E-state index in [0.717, 1.165) is 10.0 Å². The van der Waals surface area contributed by atoms with Gasteiger partial charge in [-0.05, 0) is 29.8 Å². The van der Waals surface area contributed by atoms with Gasteiger partial charge in [0.25, 0.3) is 0 Å². The molecule has 0 spiro atoms. The van der Waals surface area contributed by atoms with Crippen LogP contribution in [0.5, 0.6) is 0 Å². The number of Topliss-reactive ketones (excluding diaryl/α,β-unsaturated/α-hetero) is 1. The van der Waals surface area contributed by atoms with Crippen LogP contribution in [0.3, 0.4) is 0 Å². The van der Waals surface area contributed by atoms with Crippen molar-refractivity contribution in [3.05, 3.63) is 69.2 Å². The molecule has 0 radical (unpaired) electrons. The molecule has 1 aliphatic heterocycles. The summed E-state index contributed by atoms with van der Waals surface area (Å²) < 4.78 is 6.44. The molecule has 1 heterocycles. The van der Waals surface area contributed by atoms with Gasteiger partial charge in [-0.3, -0.25) is 4.79 Å². The van der Waals surface area contributed by atoms with E-state index in [2.05, 4.69) is 15.9 Å². The van der Waals surface area contributed by atoms with Crippen LogP contribution in [0.25, 0.3) is 0 Å². The van der Waals surface area contributed by atoms with E-state index in [0.29, 0.717) is 10.6 Å². The highest BCUT2D eigenvalue weighted by atomic mass is 79.9. The molecule has 4 heteroatoms. The van der Waals surface area contributed by atoms with Crippen molar-refractivity contribution in [3.63, 3.8) is 0 Å². The molecule has 96 valence electrons. The van der Waals surface area contributed by atoms with Gasteiger partial charge >= 0.3 is 0 Å². The Kier molecular flexibility index (Phi) is 3.44. The van der Waals surface area contributed by atoms with Crippen LogP contribution in [0.2, 0.25) is 5.02 Å². The van der Waals surface area contributed by atoms with Crippen LogP contribution in [0.15, 0.2) is 53.0 Å². The lowest BCUT2D eigenvalue weighted by Gasteiger charge is -1.98. The fraction of sp³-hybridized carbons (Fsp3) is 0.133. The molecule has 0 amide bonds. The smallest absolute Gasteiger partial charge is 0.194 e. The minimum Gasteiger partial charge on any atom is -0.356 e. The van der Waals surface area contributed by atoms with Crippen molar-refractivity contribution in [3.8, 4) is 0 Å². The fourth-order valence-electron chi connectivity index (χ4n) is 2.00. The van der Waals surface area contributed by atoms with E-state index >= 15 is 0 Å². The molecular weight excluding hydrogens is 328 g/mol. The average Bonchev–Trinajstić information content (AvgIpc) is 3.20. The lowest BCUT2D eigenvalue weighted by molar-refractivity contribution is 0.0953. The van der Waals surface area contributed by atoms with Crippen molar-refractivity contribution >= 4 is 33.3 Å². The Morgan fingerprint density at radius 3 is 2.32 bits per heavy atom. The first-order valence-corrected chi connectivity index (χ1v) is 7.03. The third kappa shape index (κ3) is 2.73. The fourth-order valence-corrected chi connectivity index (χ4v) is 2.39.